The zero-order valence-corrected chi connectivity index (χ0v) is 17.3. The van der Waals surface area contributed by atoms with E-state index in [4.69, 9.17) is 4.42 Å². The van der Waals surface area contributed by atoms with E-state index in [1.165, 1.54) is 24.4 Å². The first-order valence-corrected chi connectivity index (χ1v) is 9.45. The lowest BCUT2D eigenvalue weighted by molar-refractivity contribution is -0.385. The number of hydrogen-bond donors (Lipinski definition) is 1. The Hall–Kier alpha value is -2.53. The van der Waals surface area contributed by atoms with Crippen LogP contribution in [0.4, 0.5) is 5.69 Å². The van der Waals surface area contributed by atoms with Gasteiger partial charge in [-0.3, -0.25) is 14.9 Å². The van der Waals surface area contributed by atoms with Crippen molar-refractivity contribution < 1.29 is 14.1 Å². The molecule has 0 saturated heterocycles. The number of allylic oxidation sites excluding steroid dienone is 1. The van der Waals surface area contributed by atoms with Crippen LogP contribution in [0.3, 0.4) is 0 Å². The van der Waals surface area contributed by atoms with E-state index in [0.29, 0.717) is 11.1 Å². The summed E-state index contributed by atoms with van der Waals surface area (Å²) < 4.78 is 7.35. The zero-order chi connectivity index (χ0) is 19.4. The first-order chi connectivity index (χ1) is 13.0. The topological polar surface area (TPSA) is 97.7 Å². The summed E-state index contributed by atoms with van der Waals surface area (Å²) >= 11 is 5.53. The molecule has 0 fully saturated rings. The third-order valence-electron chi connectivity index (χ3n) is 3.50. The van der Waals surface area contributed by atoms with Gasteiger partial charge in [-0.15, -0.1) is 0 Å². The number of nitrogens with one attached hydrogen (secondary N) is 1. The van der Waals surface area contributed by atoms with Gasteiger partial charge in [0.15, 0.2) is 5.76 Å². The highest BCUT2D eigenvalue weighted by Gasteiger charge is 2.14. The van der Waals surface area contributed by atoms with Gasteiger partial charge in [-0.25, -0.2) is 5.43 Å². The molecule has 1 amide bonds. The van der Waals surface area contributed by atoms with Crippen molar-refractivity contribution in [2.24, 2.45) is 5.10 Å². The van der Waals surface area contributed by atoms with Gasteiger partial charge in [-0.1, -0.05) is 28.1 Å². The second-order valence-corrected chi connectivity index (χ2v) is 7.39. The number of benzene rings is 2. The average molecular weight is 540 g/mol. The smallest absolute Gasteiger partial charge is 0.307 e. The number of amides is 1. The molecule has 9 heteroatoms. The predicted octanol–water partition coefficient (Wildman–Crippen LogP) is 5.14. The summed E-state index contributed by atoms with van der Waals surface area (Å²) in [5, 5.41) is 15.5. The SMILES string of the molecule is O=C(N/N=C\C=C\c1ccccc1[N+](=O)[O-])c1cc2cc(Br)cc(I)c2o1. The van der Waals surface area contributed by atoms with Crippen molar-refractivity contribution in [2.45, 2.75) is 0 Å². The number of carbonyl (C=O) groups excluding carboxylic acids is 1. The van der Waals surface area contributed by atoms with Crippen molar-refractivity contribution in [3.63, 3.8) is 0 Å². The molecule has 136 valence electrons. The van der Waals surface area contributed by atoms with Gasteiger partial charge < -0.3 is 4.42 Å². The van der Waals surface area contributed by atoms with E-state index < -0.39 is 10.8 Å². The fraction of sp³-hybridized carbons (Fsp3) is 0. The fourth-order valence-electron chi connectivity index (χ4n) is 2.32. The standard InChI is InChI=1S/C18H11BrIN3O4/c19-13-8-12-9-16(27-17(12)14(20)10-13)18(24)22-21-7-3-5-11-4-1-2-6-15(11)23(25)26/h1-10H,(H,22,24)/b5-3+,21-7-. The van der Waals surface area contributed by atoms with Gasteiger partial charge in [-0.2, -0.15) is 5.10 Å². The normalized spacial score (nSPS) is 11.5. The maximum absolute atomic E-state index is 12.1. The van der Waals surface area contributed by atoms with Gasteiger partial charge in [0.05, 0.1) is 14.1 Å². The monoisotopic (exact) mass is 539 g/mol. The molecule has 0 bridgehead atoms. The molecule has 0 unspecified atom stereocenters. The second kappa shape index (κ2) is 8.44. The van der Waals surface area contributed by atoms with Crippen molar-refractivity contribution in [2.75, 3.05) is 0 Å². The molecule has 0 aliphatic carbocycles. The maximum atomic E-state index is 12.1. The molecule has 27 heavy (non-hydrogen) atoms. The molecule has 0 saturated carbocycles. The van der Waals surface area contributed by atoms with Gasteiger partial charge in [0.25, 0.3) is 5.69 Å². The minimum absolute atomic E-state index is 0.00535. The first kappa shape index (κ1) is 19.2. The number of fused-ring (bicyclic) bond motifs is 1. The third-order valence-corrected chi connectivity index (χ3v) is 4.75. The van der Waals surface area contributed by atoms with E-state index in [2.05, 4.69) is 49.0 Å². The van der Waals surface area contributed by atoms with E-state index in [9.17, 15) is 14.9 Å². The molecule has 3 aromatic rings. The number of nitro groups is 1. The number of furan rings is 1. The van der Waals surface area contributed by atoms with E-state index in [1.54, 1.807) is 24.3 Å². The van der Waals surface area contributed by atoms with Crippen LogP contribution >= 0.6 is 38.5 Å². The molecule has 7 nitrogen and oxygen atoms in total. The fourth-order valence-corrected chi connectivity index (χ4v) is 3.98. The Bertz CT molecular complexity index is 1090. The highest BCUT2D eigenvalue weighted by molar-refractivity contribution is 14.1. The lowest BCUT2D eigenvalue weighted by Gasteiger charge is -1.96. The number of hydrazone groups is 1. The van der Waals surface area contributed by atoms with Gasteiger partial charge in [0.1, 0.15) is 5.58 Å². The number of rotatable bonds is 5. The quantitative estimate of drug-likeness (QED) is 0.210. The summed E-state index contributed by atoms with van der Waals surface area (Å²) in [7, 11) is 0. The minimum Gasteiger partial charge on any atom is -0.450 e. The minimum atomic E-state index is -0.492. The van der Waals surface area contributed by atoms with Crippen molar-refractivity contribution in [1.29, 1.82) is 0 Å². The Kier molecular flexibility index (Phi) is 6.01. The molecule has 1 N–H and O–H groups in total. The predicted molar refractivity (Wildman–Crippen MR) is 115 cm³/mol. The molecule has 0 aliphatic heterocycles. The van der Waals surface area contributed by atoms with Crippen LogP contribution in [0.2, 0.25) is 0 Å². The summed E-state index contributed by atoms with van der Waals surface area (Å²) in [6, 6.07) is 11.7. The number of carbonyl (C=O) groups is 1. The summed E-state index contributed by atoms with van der Waals surface area (Å²) in [5.74, 6) is -0.352. The third kappa shape index (κ3) is 4.61. The van der Waals surface area contributed by atoms with Crippen LogP contribution in [0.1, 0.15) is 16.1 Å². The zero-order valence-electron chi connectivity index (χ0n) is 13.6. The molecule has 0 spiro atoms. The first-order valence-electron chi connectivity index (χ1n) is 7.58. The average Bonchev–Trinajstić information content (AvgIpc) is 3.06. The van der Waals surface area contributed by atoms with Gasteiger partial charge >= 0.3 is 5.91 Å². The largest absolute Gasteiger partial charge is 0.450 e. The van der Waals surface area contributed by atoms with Crippen LogP contribution in [0, 0.1) is 13.7 Å². The molecular formula is C18H11BrIN3O4. The molecule has 1 aromatic heterocycles. The van der Waals surface area contributed by atoms with Gasteiger partial charge in [-0.05, 0) is 59.0 Å². The molecular weight excluding hydrogens is 529 g/mol. The summed E-state index contributed by atoms with van der Waals surface area (Å²) in [5.41, 5.74) is 3.42. The highest BCUT2D eigenvalue weighted by Crippen LogP contribution is 2.28. The van der Waals surface area contributed by atoms with E-state index >= 15 is 0 Å². The van der Waals surface area contributed by atoms with Crippen molar-refractivity contribution in [3.05, 3.63) is 78.0 Å². The Morgan fingerprint density at radius 1 is 1.30 bits per heavy atom. The Labute approximate surface area is 175 Å². The van der Waals surface area contributed by atoms with E-state index in [0.717, 1.165) is 13.4 Å². The second-order valence-electron chi connectivity index (χ2n) is 5.31. The molecule has 0 radical (unpaired) electrons. The van der Waals surface area contributed by atoms with Crippen LogP contribution in [-0.2, 0) is 0 Å². The summed E-state index contributed by atoms with van der Waals surface area (Å²) in [6.45, 7) is 0. The number of para-hydroxylation sites is 1. The van der Waals surface area contributed by atoms with E-state index in [-0.39, 0.29) is 11.4 Å². The van der Waals surface area contributed by atoms with Gasteiger partial charge in [0.2, 0.25) is 0 Å². The maximum Gasteiger partial charge on any atom is 0.307 e. The lowest BCUT2D eigenvalue weighted by Crippen LogP contribution is -2.16. The number of nitro benzene ring substituents is 1. The lowest BCUT2D eigenvalue weighted by atomic mass is 10.2. The number of hydrogen-bond acceptors (Lipinski definition) is 5. The van der Waals surface area contributed by atoms with Crippen LogP contribution in [0.25, 0.3) is 17.0 Å². The van der Waals surface area contributed by atoms with E-state index in [1.807, 2.05) is 12.1 Å². The van der Waals surface area contributed by atoms with Crippen molar-refractivity contribution in [3.8, 4) is 0 Å². The Morgan fingerprint density at radius 3 is 2.85 bits per heavy atom. The van der Waals surface area contributed by atoms with Crippen LogP contribution in [0.5, 0.6) is 0 Å². The van der Waals surface area contributed by atoms with Gasteiger partial charge in [0, 0.05) is 22.1 Å². The number of nitrogens with zero attached hydrogens (tertiary/aromatic N) is 2. The van der Waals surface area contributed by atoms with Crippen LogP contribution in [0.15, 0.2) is 62.5 Å². The highest BCUT2D eigenvalue weighted by atomic mass is 127. The molecule has 0 atom stereocenters. The van der Waals surface area contributed by atoms with Crippen LogP contribution in [-0.4, -0.2) is 17.0 Å². The summed E-state index contributed by atoms with van der Waals surface area (Å²) in [6.07, 6.45) is 4.37. The number of halogens is 2. The molecule has 3 rings (SSSR count). The molecule has 0 aliphatic rings. The Morgan fingerprint density at radius 2 is 2.07 bits per heavy atom. The van der Waals surface area contributed by atoms with Crippen molar-refractivity contribution in [1.82, 2.24) is 5.43 Å². The summed E-state index contributed by atoms with van der Waals surface area (Å²) in [4.78, 5) is 22.6. The Balaban J connectivity index is 1.67. The van der Waals surface area contributed by atoms with Crippen LogP contribution < -0.4 is 5.43 Å². The molecule has 1 heterocycles. The molecule has 2 aromatic carbocycles. The van der Waals surface area contributed by atoms with Crippen molar-refractivity contribution >= 4 is 73.4 Å².